The zero-order valence-corrected chi connectivity index (χ0v) is 15.2. The first kappa shape index (κ1) is 15.9. The van der Waals surface area contributed by atoms with E-state index in [4.69, 9.17) is 4.98 Å². The Balaban J connectivity index is 1.47. The normalized spacial score (nSPS) is 24.3. The van der Waals surface area contributed by atoms with Crippen LogP contribution in [0.4, 0.5) is 0 Å². The third-order valence-corrected chi connectivity index (χ3v) is 6.42. The van der Waals surface area contributed by atoms with E-state index in [0.717, 1.165) is 48.4 Å². The fourth-order valence-corrected chi connectivity index (χ4v) is 4.47. The van der Waals surface area contributed by atoms with Crippen LogP contribution in [-0.4, -0.2) is 43.2 Å². The molecule has 4 heterocycles. The van der Waals surface area contributed by atoms with E-state index >= 15 is 0 Å². The van der Waals surface area contributed by atoms with Gasteiger partial charge >= 0.3 is 0 Å². The molecule has 0 spiro atoms. The number of aromatic nitrogens is 4. The van der Waals surface area contributed by atoms with Gasteiger partial charge in [0.25, 0.3) is 0 Å². The van der Waals surface area contributed by atoms with Crippen molar-refractivity contribution >= 4 is 22.6 Å². The summed E-state index contributed by atoms with van der Waals surface area (Å²) >= 11 is 0. The quantitative estimate of drug-likeness (QED) is 0.787. The van der Waals surface area contributed by atoms with Crippen LogP contribution < -0.4 is 0 Å². The molecule has 1 saturated carbocycles. The molecule has 1 N–H and O–H groups in total. The second-order valence-corrected chi connectivity index (χ2v) is 8.06. The van der Waals surface area contributed by atoms with Crippen LogP contribution in [-0.2, 0) is 4.79 Å². The Morgan fingerprint density at radius 2 is 2.12 bits per heavy atom. The Morgan fingerprint density at radius 3 is 2.92 bits per heavy atom. The van der Waals surface area contributed by atoms with E-state index in [-0.39, 0.29) is 5.92 Å². The van der Waals surface area contributed by atoms with Crippen molar-refractivity contribution in [1.29, 1.82) is 0 Å². The van der Waals surface area contributed by atoms with Crippen molar-refractivity contribution < 1.29 is 4.79 Å². The van der Waals surface area contributed by atoms with E-state index in [1.807, 2.05) is 24.7 Å². The van der Waals surface area contributed by atoms with Gasteiger partial charge in [-0.15, -0.1) is 0 Å². The minimum atomic E-state index is 0.261. The number of rotatable bonds is 3. The first-order valence-electron chi connectivity index (χ1n) is 9.78. The number of nitrogens with zero attached hydrogens (tertiary/aromatic N) is 4. The smallest absolute Gasteiger partial charge is 0.222 e. The number of fused-ring (bicyclic) bond motifs is 3. The predicted molar refractivity (Wildman–Crippen MR) is 99.9 cm³/mol. The lowest BCUT2D eigenvalue weighted by atomic mass is 9.81. The lowest BCUT2D eigenvalue weighted by molar-refractivity contribution is -0.134. The molecule has 1 saturated heterocycles. The summed E-state index contributed by atoms with van der Waals surface area (Å²) in [6.07, 6.45) is 11.2. The molecule has 1 aliphatic heterocycles. The van der Waals surface area contributed by atoms with Crippen molar-refractivity contribution in [1.82, 2.24) is 24.3 Å². The standard InChI is InChI=1S/C20H25N5O/c1-13-6-8-24(18(26)9-14-3-2-4-14)12-16(13)20-23-11-15-10-22-19-17(25(15)20)5-7-21-19/h5,7,10-11,13-14,16,21H,2-4,6,8-9,12H2,1H3/t13-,16+/m0/s1. The number of carbonyl (C=O) groups excluding carboxylic acids is 1. The van der Waals surface area contributed by atoms with Crippen molar-refractivity contribution in [2.45, 2.75) is 44.9 Å². The molecular weight excluding hydrogens is 326 g/mol. The van der Waals surface area contributed by atoms with Gasteiger partial charge in [-0.05, 0) is 37.2 Å². The van der Waals surface area contributed by atoms with Crippen LogP contribution >= 0.6 is 0 Å². The molecule has 6 heteroatoms. The summed E-state index contributed by atoms with van der Waals surface area (Å²) < 4.78 is 2.21. The Labute approximate surface area is 152 Å². The highest BCUT2D eigenvalue weighted by atomic mass is 16.2. The van der Waals surface area contributed by atoms with Crippen LogP contribution in [0.3, 0.4) is 0 Å². The third-order valence-electron chi connectivity index (χ3n) is 6.42. The van der Waals surface area contributed by atoms with Crippen LogP contribution in [0.25, 0.3) is 16.7 Å². The highest BCUT2D eigenvalue weighted by Crippen LogP contribution is 2.35. The van der Waals surface area contributed by atoms with E-state index in [0.29, 0.717) is 17.7 Å². The highest BCUT2D eigenvalue weighted by Gasteiger charge is 2.34. The van der Waals surface area contributed by atoms with Gasteiger partial charge in [0, 0.05) is 31.6 Å². The Morgan fingerprint density at radius 1 is 1.27 bits per heavy atom. The summed E-state index contributed by atoms with van der Waals surface area (Å²) in [5, 5.41) is 0. The maximum absolute atomic E-state index is 12.7. The SMILES string of the molecule is C[C@H]1CCN(C(=O)CC2CCC2)C[C@H]1c1ncc2cnc3[nH]ccc3n12. The Bertz CT molecular complexity index is 954. The molecule has 136 valence electrons. The van der Waals surface area contributed by atoms with Gasteiger partial charge in [0.05, 0.1) is 23.4 Å². The minimum Gasteiger partial charge on any atom is -0.345 e. The molecule has 0 unspecified atom stereocenters. The maximum Gasteiger partial charge on any atom is 0.222 e. The molecule has 5 rings (SSSR count). The minimum absolute atomic E-state index is 0.261. The van der Waals surface area contributed by atoms with Crippen molar-refractivity contribution in [3.05, 3.63) is 30.5 Å². The zero-order valence-electron chi connectivity index (χ0n) is 15.2. The first-order valence-corrected chi connectivity index (χ1v) is 9.78. The summed E-state index contributed by atoms with van der Waals surface area (Å²) in [6, 6.07) is 2.05. The number of carbonyl (C=O) groups is 1. The van der Waals surface area contributed by atoms with Crippen molar-refractivity contribution in [3.8, 4) is 0 Å². The number of amides is 1. The molecule has 6 nitrogen and oxygen atoms in total. The molecule has 2 fully saturated rings. The van der Waals surface area contributed by atoms with Crippen LogP contribution in [0.2, 0.25) is 0 Å². The zero-order chi connectivity index (χ0) is 17.7. The number of H-pyrrole nitrogens is 1. The lowest BCUT2D eigenvalue weighted by Gasteiger charge is -2.38. The average Bonchev–Trinajstić information content (AvgIpc) is 3.24. The van der Waals surface area contributed by atoms with Crippen LogP contribution in [0, 0.1) is 11.8 Å². The molecule has 1 amide bonds. The van der Waals surface area contributed by atoms with E-state index < -0.39 is 0 Å². The Hall–Kier alpha value is -2.37. The van der Waals surface area contributed by atoms with Crippen molar-refractivity contribution in [2.24, 2.45) is 11.8 Å². The van der Waals surface area contributed by atoms with Gasteiger partial charge < -0.3 is 9.88 Å². The molecule has 3 aromatic rings. The second-order valence-electron chi connectivity index (χ2n) is 8.06. The number of likely N-dealkylation sites (tertiary alicyclic amines) is 1. The maximum atomic E-state index is 12.7. The van der Waals surface area contributed by atoms with Gasteiger partial charge in [0.1, 0.15) is 5.82 Å². The summed E-state index contributed by atoms with van der Waals surface area (Å²) in [6.45, 7) is 3.95. The summed E-state index contributed by atoms with van der Waals surface area (Å²) in [7, 11) is 0. The van der Waals surface area contributed by atoms with Gasteiger partial charge in [-0.25, -0.2) is 9.97 Å². The van der Waals surface area contributed by atoms with Crippen molar-refractivity contribution in [2.75, 3.05) is 13.1 Å². The molecule has 2 atom stereocenters. The van der Waals surface area contributed by atoms with Crippen LogP contribution in [0.5, 0.6) is 0 Å². The topological polar surface area (TPSA) is 66.3 Å². The molecular formula is C20H25N5O. The van der Waals surface area contributed by atoms with Crippen molar-refractivity contribution in [3.63, 3.8) is 0 Å². The fourth-order valence-electron chi connectivity index (χ4n) is 4.47. The number of imidazole rings is 1. The molecule has 0 bridgehead atoms. The average molecular weight is 351 g/mol. The van der Waals surface area contributed by atoms with Gasteiger partial charge in [0.2, 0.25) is 5.91 Å². The summed E-state index contributed by atoms with van der Waals surface area (Å²) in [5.74, 6) is 2.78. The monoisotopic (exact) mass is 351 g/mol. The third kappa shape index (κ3) is 2.50. The molecule has 0 radical (unpaired) electrons. The molecule has 0 aromatic carbocycles. The van der Waals surface area contributed by atoms with Gasteiger partial charge in [0.15, 0.2) is 5.65 Å². The Kier molecular flexibility index (Phi) is 3.72. The number of piperidine rings is 1. The van der Waals surface area contributed by atoms with Gasteiger partial charge in [-0.3, -0.25) is 9.20 Å². The highest BCUT2D eigenvalue weighted by molar-refractivity contribution is 5.77. The van der Waals surface area contributed by atoms with Gasteiger partial charge in [-0.2, -0.15) is 0 Å². The number of nitrogens with one attached hydrogen (secondary N) is 1. The predicted octanol–water partition coefficient (Wildman–Crippen LogP) is 3.35. The molecule has 1 aliphatic carbocycles. The van der Waals surface area contributed by atoms with E-state index in [2.05, 4.69) is 26.2 Å². The number of hydrogen-bond acceptors (Lipinski definition) is 3. The lowest BCUT2D eigenvalue weighted by Crippen LogP contribution is -2.43. The molecule has 3 aromatic heterocycles. The number of hydrogen-bond donors (Lipinski definition) is 1. The second kappa shape index (κ2) is 6.11. The van der Waals surface area contributed by atoms with Gasteiger partial charge in [-0.1, -0.05) is 13.3 Å². The fraction of sp³-hybridized carbons (Fsp3) is 0.550. The van der Waals surface area contributed by atoms with E-state index in [9.17, 15) is 4.79 Å². The number of aromatic amines is 1. The van der Waals surface area contributed by atoms with E-state index in [1.54, 1.807) is 0 Å². The molecule has 26 heavy (non-hydrogen) atoms. The van der Waals surface area contributed by atoms with Crippen LogP contribution in [0.15, 0.2) is 24.7 Å². The first-order chi connectivity index (χ1) is 12.7. The summed E-state index contributed by atoms with van der Waals surface area (Å²) in [5.41, 5.74) is 2.94. The summed E-state index contributed by atoms with van der Waals surface area (Å²) in [4.78, 5) is 27.2. The van der Waals surface area contributed by atoms with Crippen LogP contribution in [0.1, 0.15) is 50.8 Å². The van der Waals surface area contributed by atoms with E-state index in [1.165, 1.54) is 19.3 Å². The molecule has 2 aliphatic rings. The largest absolute Gasteiger partial charge is 0.345 e.